The van der Waals surface area contributed by atoms with Gasteiger partial charge in [0, 0.05) is 11.9 Å². The molecule has 2 rings (SSSR count). The lowest BCUT2D eigenvalue weighted by Crippen LogP contribution is -1.93. The Morgan fingerprint density at radius 3 is 3.08 bits per heavy atom. The van der Waals surface area contributed by atoms with E-state index in [4.69, 9.17) is 0 Å². The molecule has 0 aliphatic heterocycles. The largest absolute Gasteiger partial charge is 0.261 e. The van der Waals surface area contributed by atoms with Crippen LogP contribution in [0.1, 0.15) is 31.0 Å². The third-order valence-corrected chi connectivity index (χ3v) is 2.76. The zero-order valence-corrected chi connectivity index (χ0v) is 7.59. The van der Waals surface area contributed by atoms with Crippen molar-refractivity contribution >= 4 is 0 Å². The highest BCUT2D eigenvalue weighted by Gasteiger charge is 2.12. The van der Waals surface area contributed by atoms with Gasteiger partial charge in [0.05, 0.1) is 0 Å². The minimum atomic E-state index is 0.874. The standard InChI is InChI=1S/C11H15N/c1-9-4-6-10-3-2-8-12-11(10)7-5-9/h2-3,8-9H,4-7H2,1H3. The number of aryl methyl sites for hydroxylation is 2. The Morgan fingerprint density at radius 1 is 1.33 bits per heavy atom. The first-order valence-corrected chi connectivity index (χ1v) is 4.79. The first-order valence-electron chi connectivity index (χ1n) is 4.79. The van der Waals surface area contributed by atoms with E-state index in [0.717, 1.165) is 5.92 Å². The van der Waals surface area contributed by atoms with Gasteiger partial charge in [0.15, 0.2) is 0 Å². The Hall–Kier alpha value is -0.850. The maximum Gasteiger partial charge on any atom is 0.0435 e. The molecule has 0 fully saturated rings. The average molecular weight is 161 g/mol. The van der Waals surface area contributed by atoms with Gasteiger partial charge >= 0.3 is 0 Å². The molecule has 1 heteroatoms. The molecule has 0 spiro atoms. The fraction of sp³-hybridized carbons (Fsp3) is 0.545. The highest BCUT2D eigenvalue weighted by atomic mass is 14.7. The molecule has 0 saturated carbocycles. The maximum absolute atomic E-state index is 4.41. The van der Waals surface area contributed by atoms with E-state index >= 15 is 0 Å². The molecule has 0 aromatic carbocycles. The molecule has 1 heterocycles. The molecule has 0 radical (unpaired) electrons. The van der Waals surface area contributed by atoms with Crippen molar-refractivity contribution in [1.82, 2.24) is 4.98 Å². The predicted molar refractivity (Wildman–Crippen MR) is 50.0 cm³/mol. The first-order chi connectivity index (χ1) is 5.86. The third-order valence-electron chi connectivity index (χ3n) is 2.76. The van der Waals surface area contributed by atoms with E-state index < -0.39 is 0 Å². The smallest absolute Gasteiger partial charge is 0.0435 e. The average Bonchev–Trinajstić information content (AvgIpc) is 2.29. The van der Waals surface area contributed by atoms with Crippen LogP contribution in [0.5, 0.6) is 0 Å². The van der Waals surface area contributed by atoms with Crippen LogP contribution in [-0.4, -0.2) is 4.98 Å². The van der Waals surface area contributed by atoms with Crippen molar-refractivity contribution in [2.24, 2.45) is 5.92 Å². The van der Waals surface area contributed by atoms with Crippen LogP contribution in [0.3, 0.4) is 0 Å². The van der Waals surface area contributed by atoms with E-state index in [1.165, 1.54) is 36.9 Å². The topological polar surface area (TPSA) is 12.9 Å². The normalized spacial score (nSPS) is 22.9. The highest BCUT2D eigenvalue weighted by Crippen LogP contribution is 2.22. The lowest BCUT2D eigenvalue weighted by molar-refractivity contribution is 0.509. The zero-order chi connectivity index (χ0) is 8.39. The van der Waals surface area contributed by atoms with Crippen molar-refractivity contribution in [3.05, 3.63) is 29.6 Å². The zero-order valence-electron chi connectivity index (χ0n) is 7.59. The summed E-state index contributed by atoms with van der Waals surface area (Å²) in [4.78, 5) is 4.41. The van der Waals surface area contributed by atoms with E-state index in [0.29, 0.717) is 0 Å². The summed E-state index contributed by atoms with van der Waals surface area (Å²) in [5.74, 6) is 0.874. The maximum atomic E-state index is 4.41. The highest BCUT2D eigenvalue weighted by molar-refractivity contribution is 5.21. The second-order valence-electron chi connectivity index (χ2n) is 3.79. The summed E-state index contributed by atoms with van der Waals surface area (Å²) in [5, 5.41) is 0. The van der Waals surface area contributed by atoms with Crippen LogP contribution in [0, 0.1) is 5.92 Å². The summed E-state index contributed by atoms with van der Waals surface area (Å²) in [7, 11) is 0. The summed E-state index contributed by atoms with van der Waals surface area (Å²) >= 11 is 0. The quantitative estimate of drug-likeness (QED) is 0.533. The molecule has 1 nitrogen and oxygen atoms in total. The lowest BCUT2D eigenvalue weighted by Gasteiger charge is -2.03. The number of nitrogens with zero attached hydrogens (tertiary/aromatic N) is 1. The second-order valence-corrected chi connectivity index (χ2v) is 3.79. The molecule has 1 aliphatic carbocycles. The van der Waals surface area contributed by atoms with Crippen LogP contribution in [0.15, 0.2) is 18.3 Å². The molecule has 1 atom stereocenters. The van der Waals surface area contributed by atoms with Gasteiger partial charge in [-0.3, -0.25) is 4.98 Å². The first kappa shape index (κ1) is 7.78. The second kappa shape index (κ2) is 3.26. The Balaban J connectivity index is 2.26. The molecular formula is C11H15N. The molecule has 1 aliphatic rings. The molecule has 1 aromatic heterocycles. The third kappa shape index (κ3) is 1.50. The van der Waals surface area contributed by atoms with Crippen LogP contribution >= 0.6 is 0 Å². The Labute approximate surface area is 73.8 Å². The minimum Gasteiger partial charge on any atom is -0.261 e. The van der Waals surface area contributed by atoms with E-state index in [1.807, 2.05) is 6.20 Å². The molecule has 0 bridgehead atoms. The fourth-order valence-corrected chi connectivity index (χ4v) is 1.85. The van der Waals surface area contributed by atoms with Crippen molar-refractivity contribution < 1.29 is 0 Å². The van der Waals surface area contributed by atoms with Crippen LogP contribution in [0.2, 0.25) is 0 Å². The molecular weight excluding hydrogens is 146 g/mol. The van der Waals surface area contributed by atoms with Crippen molar-refractivity contribution in [2.45, 2.75) is 32.6 Å². The van der Waals surface area contributed by atoms with E-state index in [1.54, 1.807) is 0 Å². The monoisotopic (exact) mass is 161 g/mol. The van der Waals surface area contributed by atoms with Crippen LogP contribution in [-0.2, 0) is 12.8 Å². The summed E-state index contributed by atoms with van der Waals surface area (Å²) in [5.41, 5.74) is 2.81. The molecule has 0 amide bonds. The fourth-order valence-electron chi connectivity index (χ4n) is 1.85. The van der Waals surface area contributed by atoms with Crippen molar-refractivity contribution in [1.29, 1.82) is 0 Å². The van der Waals surface area contributed by atoms with Crippen LogP contribution in [0.25, 0.3) is 0 Å². The van der Waals surface area contributed by atoms with Crippen molar-refractivity contribution in [2.75, 3.05) is 0 Å². The van der Waals surface area contributed by atoms with Gasteiger partial charge in [-0.05, 0) is 43.2 Å². The van der Waals surface area contributed by atoms with Gasteiger partial charge in [0.25, 0.3) is 0 Å². The number of hydrogen-bond acceptors (Lipinski definition) is 1. The summed E-state index contributed by atoms with van der Waals surface area (Å²) < 4.78 is 0. The molecule has 1 unspecified atom stereocenters. The van der Waals surface area contributed by atoms with Crippen molar-refractivity contribution in [3.8, 4) is 0 Å². The van der Waals surface area contributed by atoms with E-state index in [-0.39, 0.29) is 0 Å². The van der Waals surface area contributed by atoms with E-state index in [2.05, 4.69) is 24.0 Å². The Kier molecular flexibility index (Phi) is 2.11. The number of fused-ring (bicyclic) bond motifs is 1. The molecule has 0 saturated heterocycles. The van der Waals surface area contributed by atoms with Crippen molar-refractivity contribution in [3.63, 3.8) is 0 Å². The van der Waals surface area contributed by atoms with Gasteiger partial charge in [-0.2, -0.15) is 0 Å². The number of hydrogen-bond donors (Lipinski definition) is 0. The molecule has 1 aromatic rings. The summed E-state index contributed by atoms with van der Waals surface area (Å²) in [6.07, 6.45) is 6.96. The van der Waals surface area contributed by atoms with Gasteiger partial charge in [-0.25, -0.2) is 0 Å². The minimum absolute atomic E-state index is 0.874. The predicted octanol–water partition coefficient (Wildman–Crippen LogP) is 2.60. The van der Waals surface area contributed by atoms with E-state index in [9.17, 15) is 0 Å². The van der Waals surface area contributed by atoms with Gasteiger partial charge in [0.1, 0.15) is 0 Å². The SMILES string of the molecule is CC1CCc2cccnc2CC1. The van der Waals surface area contributed by atoms with Crippen LogP contribution in [0.4, 0.5) is 0 Å². The van der Waals surface area contributed by atoms with Gasteiger partial charge in [-0.15, -0.1) is 0 Å². The number of aromatic nitrogens is 1. The summed E-state index contributed by atoms with van der Waals surface area (Å²) in [6, 6.07) is 4.27. The number of rotatable bonds is 0. The lowest BCUT2D eigenvalue weighted by atomic mass is 10.0. The van der Waals surface area contributed by atoms with Gasteiger partial charge in [0.2, 0.25) is 0 Å². The summed E-state index contributed by atoms with van der Waals surface area (Å²) in [6.45, 7) is 2.34. The molecule has 12 heavy (non-hydrogen) atoms. The molecule has 0 N–H and O–H groups in total. The Morgan fingerprint density at radius 2 is 2.17 bits per heavy atom. The number of pyridine rings is 1. The van der Waals surface area contributed by atoms with Gasteiger partial charge < -0.3 is 0 Å². The van der Waals surface area contributed by atoms with Crippen LogP contribution < -0.4 is 0 Å². The van der Waals surface area contributed by atoms with Gasteiger partial charge in [-0.1, -0.05) is 13.0 Å². The Bertz CT molecular complexity index is 240. The molecule has 64 valence electrons.